The Hall–Kier alpha value is -1.02. The lowest BCUT2D eigenvalue weighted by atomic mass is 10.0. The van der Waals surface area contributed by atoms with Crippen LogP contribution in [0.3, 0.4) is 0 Å². The summed E-state index contributed by atoms with van der Waals surface area (Å²) in [5.74, 6) is 0.992. The smallest absolute Gasteiger partial charge is 0.119 e. The Balaban J connectivity index is 2.87. The topological polar surface area (TPSA) is 21.3 Å². The van der Waals surface area contributed by atoms with E-state index in [9.17, 15) is 0 Å². The van der Waals surface area contributed by atoms with Crippen LogP contribution in [0.25, 0.3) is 0 Å². The van der Waals surface area contributed by atoms with Crippen molar-refractivity contribution in [1.29, 1.82) is 0 Å². The van der Waals surface area contributed by atoms with Crippen molar-refractivity contribution >= 4 is 0 Å². The van der Waals surface area contributed by atoms with Crippen LogP contribution in [0, 0.1) is 13.8 Å². The lowest BCUT2D eigenvalue weighted by Crippen LogP contribution is -2.08. The van der Waals surface area contributed by atoms with E-state index in [4.69, 9.17) is 4.74 Å². The number of hydrogen-bond donors (Lipinski definition) is 1. The molecular weight excluding hydrogens is 186 g/mol. The molecule has 1 aromatic rings. The van der Waals surface area contributed by atoms with E-state index >= 15 is 0 Å². The third-order valence-electron chi connectivity index (χ3n) is 2.50. The van der Waals surface area contributed by atoms with Gasteiger partial charge in [0.2, 0.25) is 0 Å². The summed E-state index contributed by atoms with van der Waals surface area (Å²) in [4.78, 5) is 0. The zero-order valence-corrected chi connectivity index (χ0v) is 10.2. The molecule has 15 heavy (non-hydrogen) atoms. The Morgan fingerprint density at radius 2 is 1.80 bits per heavy atom. The second kappa shape index (κ2) is 5.76. The van der Waals surface area contributed by atoms with Crippen LogP contribution in [0.4, 0.5) is 0 Å². The molecule has 1 rings (SSSR count). The van der Waals surface area contributed by atoms with E-state index in [0.717, 1.165) is 25.3 Å². The number of nitrogens with one attached hydrogen (secondary N) is 1. The van der Waals surface area contributed by atoms with Crippen molar-refractivity contribution in [3.8, 4) is 5.75 Å². The predicted molar refractivity (Wildman–Crippen MR) is 64.5 cm³/mol. The van der Waals surface area contributed by atoms with Crippen LogP contribution in [0.1, 0.15) is 30.0 Å². The van der Waals surface area contributed by atoms with Gasteiger partial charge in [0, 0.05) is 6.54 Å². The molecular formula is C13H21NO. The van der Waals surface area contributed by atoms with Crippen LogP contribution in [-0.4, -0.2) is 13.7 Å². The minimum Gasteiger partial charge on any atom is -0.494 e. The normalized spacial score (nSPS) is 10.4. The van der Waals surface area contributed by atoms with E-state index in [2.05, 4.69) is 38.2 Å². The van der Waals surface area contributed by atoms with Gasteiger partial charge in [-0.15, -0.1) is 0 Å². The highest BCUT2D eigenvalue weighted by molar-refractivity contribution is 5.41. The summed E-state index contributed by atoms with van der Waals surface area (Å²) in [5.41, 5.74) is 3.98. The van der Waals surface area contributed by atoms with Gasteiger partial charge in [-0.25, -0.2) is 0 Å². The van der Waals surface area contributed by atoms with E-state index in [1.165, 1.54) is 16.7 Å². The van der Waals surface area contributed by atoms with Crippen LogP contribution in [0.5, 0.6) is 5.75 Å². The van der Waals surface area contributed by atoms with Crippen molar-refractivity contribution in [1.82, 2.24) is 5.32 Å². The standard InChI is InChI=1S/C13H21NO/c1-5-6-15-12-7-10(2)13(9-14-4)11(3)8-12/h7-8,14H,5-6,9H2,1-4H3. The van der Waals surface area contributed by atoms with Crippen LogP contribution < -0.4 is 10.1 Å². The van der Waals surface area contributed by atoms with Gasteiger partial charge in [-0.2, -0.15) is 0 Å². The Bertz CT molecular complexity index is 297. The van der Waals surface area contributed by atoms with E-state index in [1.807, 2.05) is 7.05 Å². The Morgan fingerprint density at radius 3 is 2.27 bits per heavy atom. The summed E-state index contributed by atoms with van der Waals surface area (Å²) >= 11 is 0. The van der Waals surface area contributed by atoms with E-state index in [1.54, 1.807) is 0 Å². The summed E-state index contributed by atoms with van der Waals surface area (Å²) in [5, 5.41) is 3.19. The molecule has 0 heterocycles. The van der Waals surface area contributed by atoms with Gasteiger partial charge in [-0.05, 0) is 56.1 Å². The lowest BCUT2D eigenvalue weighted by molar-refractivity contribution is 0.317. The lowest BCUT2D eigenvalue weighted by Gasteiger charge is -2.12. The molecule has 0 saturated heterocycles. The molecule has 1 N–H and O–H groups in total. The molecule has 2 nitrogen and oxygen atoms in total. The molecule has 1 aromatic carbocycles. The minimum atomic E-state index is 0.796. The molecule has 0 saturated carbocycles. The highest BCUT2D eigenvalue weighted by Crippen LogP contribution is 2.21. The molecule has 2 heteroatoms. The second-order valence-corrected chi connectivity index (χ2v) is 3.91. The zero-order valence-electron chi connectivity index (χ0n) is 10.2. The SMILES string of the molecule is CCCOc1cc(C)c(CNC)c(C)c1. The van der Waals surface area contributed by atoms with Crippen molar-refractivity contribution in [3.05, 3.63) is 28.8 Å². The summed E-state index contributed by atoms with van der Waals surface area (Å²) in [6.45, 7) is 8.11. The summed E-state index contributed by atoms with van der Waals surface area (Å²) in [6.07, 6.45) is 1.05. The molecule has 0 aliphatic rings. The van der Waals surface area contributed by atoms with Crippen LogP contribution >= 0.6 is 0 Å². The van der Waals surface area contributed by atoms with E-state index in [0.29, 0.717) is 0 Å². The molecule has 0 spiro atoms. The van der Waals surface area contributed by atoms with Gasteiger partial charge in [0.15, 0.2) is 0 Å². The highest BCUT2D eigenvalue weighted by Gasteiger charge is 2.04. The first-order valence-electron chi connectivity index (χ1n) is 5.56. The van der Waals surface area contributed by atoms with Gasteiger partial charge in [-0.3, -0.25) is 0 Å². The number of aryl methyl sites for hydroxylation is 2. The van der Waals surface area contributed by atoms with Gasteiger partial charge >= 0.3 is 0 Å². The zero-order chi connectivity index (χ0) is 11.3. The van der Waals surface area contributed by atoms with Crippen molar-refractivity contribution in [2.24, 2.45) is 0 Å². The van der Waals surface area contributed by atoms with Crippen LogP contribution in [-0.2, 0) is 6.54 Å². The molecule has 0 atom stereocenters. The highest BCUT2D eigenvalue weighted by atomic mass is 16.5. The average molecular weight is 207 g/mol. The molecule has 0 fully saturated rings. The van der Waals surface area contributed by atoms with Crippen molar-refractivity contribution in [3.63, 3.8) is 0 Å². The van der Waals surface area contributed by atoms with Crippen LogP contribution in [0.2, 0.25) is 0 Å². The number of hydrogen-bond acceptors (Lipinski definition) is 2. The van der Waals surface area contributed by atoms with Gasteiger partial charge in [-0.1, -0.05) is 6.92 Å². The fraction of sp³-hybridized carbons (Fsp3) is 0.538. The maximum Gasteiger partial charge on any atom is 0.119 e. The molecule has 0 radical (unpaired) electrons. The Kier molecular flexibility index (Phi) is 4.63. The van der Waals surface area contributed by atoms with E-state index < -0.39 is 0 Å². The van der Waals surface area contributed by atoms with E-state index in [-0.39, 0.29) is 0 Å². The first kappa shape index (κ1) is 12.1. The first-order valence-corrected chi connectivity index (χ1v) is 5.56. The van der Waals surface area contributed by atoms with Crippen LogP contribution in [0.15, 0.2) is 12.1 Å². The Morgan fingerprint density at radius 1 is 1.20 bits per heavy atom. The number of ether oxygens (including phenoxy) is 1. The molecule has 0 unspecified atom stereocenters. The van der Waals surface area contributed by atoms with Gasteiger partial charge < -0.3 is 10.1 Å². The minimum absolute atomic E-state index is 0.796. The molecule has 0 aromatic heterocycles. The molecule has 84 valence electrons. The van der Waals surface area contributed by atoms with Crippen molar-refractivity contribution in [2.45, 2.75) is 33.7 Å². The Labute approximate surface area is 92.6 Å². The summed E-state index contributed by atoms with van der Waals surface area (Å²) < 4.78 is 5.63. The van der Waals surface area contributed by atoms with Gasteiger partial charge in [0.05, 0.1) is 6.61 Å². The number of rotatable bonds is 5. The maximum atomic E-state index is 5.63. The van der Waals surface area contributed by atoms with Crippen molar-refractivity contribution in [2.75, 3.05) is 13.7 Å². The van der Waals surface area contributed by atoms with Gasteiger partial charge in [0.25, 0.3) is 0 Å². The maximum absolute atomic E-state index is 5.63. The third kappa shape index (κ3) is 3.24. The summed E-state index contributed by atoms with van der Waals surface area (Å²) in [7, 11) is 1.97. The van der Waals surface area contributed by atoms with Gasteiger partial charge in [0.1, 0.15) is 5.75 Å². The molecule has 0 bridgehead atoms. The molecule has 0 aliphatic heterocycles. The third-order valence-corrected chi connectivity index (χ3v) is 2.50. The first-order chi connectivity index (χ1) is 7.19. The van der Waals surface area contributed by atoms with Crippen molar-refractivity contribution < 1.29 is 4.74 Å². The molecule has 0 amide bonds. The number of benzene rings is 1. The summed E-state index contributed by atoms with van der Waals surface area (Å²) in [6, 6.07) is 4.24. The fourth-order valence-electron chi connectivity index (χ4n) is 1.71. The molecule has 0 aliphatic carbocycles. The quantitative estimate of drug-likeness (QED) is 0.801. The fourth-order valence-corrected chi connectivity index (χ4v) is 1.71. The largest absolute Gasteiger partial charge is 0.494 e. The average Bonchev–Trinajstić information content (AvgIpc) is 2.20. The monoisotopic (exact) mass is 207 g/mol. The second-order valence-electron chi connectivity index (χ2n) is 3.91. The predicted octanol–water partition coefficient (Wildman–Crippen LogP) is 2.81.